The molecule has 2 aromatic rings. The Labute approximate surface area is 145 Å². The maximum Gasteiger partial charge on any atom is 0.262 e. The average molecular weight is 345 g/mol. The van der Waals surface area contributed by atoms with Crippen LogP contribution in [0.3, 0.4) is 0 Å². The summed E-state index contributed by atoms with van der Waals surface area (Å²) in [5.74, 6) is -0.537. The maximum atomic E-state index is 13.6. The van der Waals surface area contributed by atoms with Gasteiger partial charge in [-0.1, -0.05) is 23.7 Å². The number of anilines is 2. The molecule has 1 fully saturated rings. The summed E-state index contributed by atoms with van der Waals surface area (Å²) in [7, 11) is 0. The molecule has 24 heavy (non-hydrogen) atoms. The highest BCUT2D eigenvalue weighted by Crippen LogP contribution is 2.44. The number of halogens is 2. The predicted molar refractivity (Wildman–Crippen MR) is 94.3 cm³/mol. The molecule has 4 rings (SSSR count). The fraction of sp³-hybridized carbons (Fsp3) is 0.316. The molecule has 0 spiro atoms. The summed E-state index contributed by atoms with van der Waals surface area (Å²) in [5, 5.41) is 0.0325. The second kappa shape index (κ2) is 5.49. The number of nitrogens with zero attached hydrogens (tertiary/aromatic N) is 2. The number of carbonyl (C=O) groups is 1. The molecule has 0 aromatic heterocycles. The van der Waals surface area contributed by atoms with Gasteiger partial charge in [0.2, 0.25) is 0 Å². The molecule has 0 bridgehead atoms. The molecule has 1 atom stereocenters. The van der Waals surface area contributed by atoms with Crippen molar-refractivity contribution in [3.8, 4) is 0 Å². The number of hydrogen-bond donors (Lipinski definition) is 0. The van der Waals surface area contributed by atoms with Crippen molar-refractivity contribution in [1.82, 2.24) is 0 Å². The number of fused-ring (bicyclic) bond motifs is 3. The first-order valence-corrected chi connectivity index (χ1v) is 8.56. The summed E-state index contributed by atoms with van der Waals surface area (Å²) in [5.41, 5.74) is 1.83. The van der Waals surface area contributed by atoms with Crippen LogP contribution < -0.4 is 9.80 Å². The summed E-state index contributed by atoms with van der Waals surface area (Å²) in [6, 6.07) is 12.2. The van der Waals surface area contributed by atoms with Gasteiger partial charge in [0.25, 0.3) is 5.91 Å². The quantitative estimate of drug-likeness (QED) is 0.738. The van der Waals surface area contributed by atoms with E-state index in [2.05, 4.69) is 11.8 Å². The highest BCUT2D eigenvalue weighted by atomic mass is 35.5. The van der Waals surface area contributed by atoms with Crippen LogP contribution in [0.15, 0.2) is 42.5 Å². The van der Waals surface area contributed by atoms with Gasteiger partial charge in [-0.3, -0.25) is 9.69 Å². The molecule has 1 amide bonds. The number of benzene rings is 2. The zero-order chi connectivity index (χ0) is 16.9. The second-order valence-corrected chi connectivity index (χ2v) is 6.99. The van der Waals surface area contributed by atoms with Crippen molar-refractivity contribution in [2.45, 2.75) is 31.8 Å². The third-order valence-corrected chi connectivity index (χ3v) is 5.42. The normalized spacial score (nSPS) is 23.0. The minimum Gasteiger partial charge on any atom is -0.348 e. The van der Waals surface area contributed by atoms with Crippen LogP contribution >= 0.6 is 11.6 Å². The Hall–Kier alpha value is -2.07. The molecule has 0 aliphatic carbocycles. The molecule has 1 unspecified atom stereocenters. The van der Waals surface area contributed by atoms with Crippen molar-refractivity contribution in [2.24, 2.45) is 0 Å². The highest BCUT2D eigenvalue weighted by molar-refractivity contribution is 6.31. The Balaban J connectivity index is 1.92. The third-order valence-electron chi connectivity index (χ3n) is 5.14. The maximum absolute atomic E-state index is 13.6. The van der Waals surface area contributed by atoms with E-state index in [-0.39, 0.29) is 10.9 Å². The fourth-order valence-electron chi connectivity index (χ4n) is 3.97. The largest absolute Gasteiger partial charge is 0.348 e. The van der Waals surface area contributed by atoms with E-state index in [0.29, 0.717) is 11.3 Å². The van der Waals surface area contributed by atoms with Gasteiger partial charge in [0.05, 0.1) is 16.3 Å². The molecule has 124 valence electrons. The SMILES string of the molecule is CC12CCCCN1c1ccccc1C(=O)N2c1ccc(F)c(Cl)c1. The van der Waals surface area contributed by atoms with Crippen molar-refractivity contribution >= 4 is 28.9 Å². The minimum atomic E-state index is -0.476. The van der Waals surface area contributed by atoms with E-state index in [1.807, 2.05) is 24.3 Å². The van der Waals surface area contributed by atoms with Crippen LogP contribution in [-0.4, -0.2) is 18.1 Å². The number of carbonyl (C=O) groups excluding carboxylic acids is 1. The topological polar surface area (TPSA) is 23.6 Å². The zero-order valence-electron chi connectivity index (χ0n) is 13.4. The summed E-state index contributed by atoms with van der Waals surface area (Å²) in [4.78, 5) is 17.3. The number of amides is 1. The van der Waals surface area contributed by atoms with Crippen molar-refractivity contribution in [3.05, 3.63) is 58.9 Å². The number of rotatable bonds is 1. The Kier molecular flexibility index (Phi) is 3.53. The van der Waals surface area contributed by atoms with Crippen LogP contribution in [0, 0.1) is 5.82 Å². The van der Waals surface area contributed by atoms with Crippen LogP contribution in [-0.2, 0) is 0 Å². The molecule has 5 heteroatoms. The van der Waals surface area contributed by atoms with E-state index in [9.17, 15) is 9.18 Å². The van der Waals surface area contributed by atoms with Gasteiger partial charge in [0, 0.05) is 12.2 Å². The molecule has 1 saturated heterocycles. The van der Waals surface area contributed by atoms with E-state index in [1.165, 1.54) is 6.07 Å². The smallest absolute Gasteiger partial charge is 0.262 e. The molecular formula is C19H18ClFN2O. The van der Waals surface area contributed by atoms with Crippen molar-refractivity contribution < 1.29 is 9.18 Å². The molecule has 2 aliphatic rings. The Bertz CT molecular complexity index is 825. The molecule has 0 N–H and O–H groups in total. The van der Waals surface area contributed by atoms with Gasteiger partial charge in [0.1, 0.15) is 11.5 Å². The van der Waals surface area contributed by atoms with E-state index in [0.717, 1.165) is 31.5 Å². The van der Waals surface area contributed by atoms with Crippen LogP contribution in [0.4, 0.5) is 15.8 Å². The van der Waals surface area contributed by atoms with Gasteiger partial charge in [-0.25, -0.2) is 4.39 Å². The van der Waals surface area contributed by atoms with Gasteiger partial charge < -0.3 is 4.90 Å². The molecule has 2 heterocycles. The standard InChI is InChI=1S/C19H18ClFN2O/c1-19-10-4-5-11-22(19)17-7-3-2-6-14(17)18(24)23(19)13-8-9-16(21)15(20)12-13/h2-3,6-9,12H,4-5,10-11H2,1H3. The van der Waals surface area contributed by atoms with Gasteiger partial charge in [-0.15, -0.1) is 0 Å². The molecule has 0 radical (unpaired) electrons. The van der Waals surface area contributed by atoms with Gasteiger partial charge in [-0.05, 0) is 56.5 Å². The van der Waals surface area contributed by atoms with E-state index < -0.39 is 11.5 Å². The number of para-hydroxylation sites is 1. The summed E-state index contributed by atoms with van der Waals surface area (Å²) in [6.45, 7) is 2.98. The molecule has 2 aromatic carbocycles. The zero-order valence-corrected chi connectivity index (χ0v) is 14.2. The first kappa shape index (κ1) is 15.5. The van der Waals surface area contributed by atoms with Gasteiger partial charge >= 0.3 is 0 Å². The summed E-state index contributed by atoms with van der Waals surface area (Å²) >= 11 is 5.97. The summed E-state index contributed by atoms with van der Waals surface area (Å²) in [6.07, 6.45) is 3.01. The van der Waals surface area contributed by atoms with Crippen LogP contribution in [0.1, 0.15) is 36.5 Å². The number of piperidine rings is 1. The van der Waals surface area contributed by atoms with Gasteiger partial charge in [-0.2, -0.15) is 0 Å². The average Bonchev–Trinajstić information content (AvgIpc) is 2.58. The lowest BCUT2D eigenvalue weighted by molar-refractivity contribution is 0.0934. The lowest BCUT2D eigenvalue weighted by Crippen LogP contribution is -2.66. The van der Waals surface area contributed by atoms with E-state index in [4.69, 9.17) is 11.6 Å². The first-order valence-electron chi connectivity index (χ1n) is 8.19. The van der Waals surface area contributed by atoms with Crippen molar-refractivity contribution in [2.75, 3.05) is 16.3 Å². The number of hydrogen-bond acceptors (Lipinski definition) is 2. The lowest BCUT2D eigenvalue weighted by atomic mass is 9.88. The monoisotopic (exact) mass is 344 g/mol. The Morgan fingerprint density at radius 1 is 1.17 bits per heavy atom. The van der Waals surface area contributed by atoms with Crippen LogP contribution in [0.5, 0.6) is 0 Å². The van der Waals surface area contributed by atoms with E-state index >= 15 is 0 Å². The predicted octanol–water partition coefficient (Wildman–Crippen LogP) is 4.85. The molecule has 3 nitrogen and oxygen atoms in total. The molecule has 2 aliphatic heterocycles. The fourth-order valence-corrected chi connectivity index (χ4v) is 4.14. The lowest BCUT2D eigenvalue weighted by Gasteiger charge is -2.55. The minimum absolute atomic E-state index is 0.0325. The van der Waals surface area contributed by atoms with Crippen molar-refractivity contribution in [1.29, 1.82) is 0 Å². The summed E-state index contributed by atoms with van der Waals surface area (Å²) < 4.78 is 13.6. The van der Waals surface area contributed by atoms with E-state index in [1.54, 1.807) is 17.0 Å². The van der Waals surface area contributed by atoms with Crippen LogP contribution in [0.2, 0.25) is 5.02 Å². The molecule has 0 saturated carbocycles. The van der Waals surface area contributed by atoms with Gasteiger partial charge in [0.15, 0.2) is 0 Å². The van der Waals surface area contributed by atoms with Crippen LogP contribution in [0.25, 0.3) is 0 Å². The first-order chi connectivity index (χ1) is 11.5. The highest BCUT2D eigenvalue weighted by Gasteiger charge is 2.48. The Morgan fingerprint density at radius 3 is 2.75 bits per heavy atom. The molecular weight excluding hydrogens is 327 g/mol. The third kappa shape index (κ3) is 2.13. The second-order valence-electron chi connectivity index (χ2n) is 6.58. The Morgan fingerprint density at radius 2 is 1.96 bits per heavy atom. The van der Waals surface area contributed by atoms with Crippen molar-refractivity contribution in [3.63, 3.8) is 0 Å².